The Morgan fingerprint density at radius 1 is 1.33 bits per heavy atom. The third-order valence-corrected chi connectivity index (χ3v) is 2.79. The van der Waals surface area contributed by atoms with Crippen LogP contribution >= 0.6 is 0 Å². The van der Waals surface area contributed by atoms with Gasteiger partial charge < -0.3 is 10.0 Å². The summed E-state index contributed by atoms with van der Waals surface area (Å²) in [7, 11) is 2.32. The van der Waals surface area contributed by atoms with E-state index in [4.69, 9.17) is 0 Å². The van der Waals surface area contributed by atoms with Gasteiger partial charge >= 0.3 is 0 Å². The van der Waals surface area contributed by atoms with Gasteiger partial charge in [0, 0.05) is 24.8 Å². The van der Waals surface area contributed by atoms with E-state index in [9.17, 15) is 5.11 Å². The van der Waals surface area contributed by atoms with Crippen LogP contribution < -0.4 is 4.90 Å². The van der Waals surface area contributed by atoms with Crippen LogP contribution in [0.3, 0.4) is 0 Å². The molecule has 1 radical (unpaired) electrons. The Bertz CT molecular complexity index is 447. The van der Waals surface area contributed by atoms with E-state index in [-0.39, 0.29) is 0 Å². The van der Waals surface area contributed by atoms with Crippen LogP contribution in [0.25, 0.3) is 0 Å². The number of aliphatic hydroxyl groups is 1. The molecule has 0 aromatic carbocycles. The van der Waals surface area contributed by atoms with Gasteiger partial charge in [-0.05, 0) is 26.0 Å². The molecule has 0 aliphatic carbocycles. The van der Waals surface area contributed by atoms with E-state index in [1.165, 1.54) is 0 Å². The number of nitrogens with zero attached hydrogens (tertiary/aromatic N) is 2. The maximum atomic E-state index is 9.53. The standard InChI is InChI=1S/C14H18BN2O/c1-14(2,18)6-5-12-3-4-13(16-11-12)17-9-7-15-8-10-17/h3-4,11,18H,7-10H2,1-2H3. The van der Waals surface area contributed by atoms with Crippen LogP contribution in [0.5, 0.6) is 0 Å². The summed E-state index contributed by atoms with van der Waals surface area (Å²) in [6.45, 7) is 5.43. The molecule has 18 heavy (non-hydrogen) atoms. The predicted octanol–water partition coefficient (Wildman–Crippen LogP) is 1.56. The Labute approximate surface area is 109 Å². The van der Waals surface area contributed by atoms with Gasteiger partial charge in [0.1, 0.15) is 18.7 Å². The molecule has 0 saturated carbocycles. The highest BCUT2D eigenvalue weighted by Crippen LogP contribution is 2.15. The van der Waals surface area contributed by atoms with E-state index in [0.29, 0.717) is 0 Å². The van der Waals surface area contributed by atoms with Gasteiger partial charge in [-0.15, -0.1) is 0 Å². The van der Waals surface area contributed by atoms with Gasteiger partial charge in [-0.1, -0.05) is 24.5 Å². The van der Waals surface area contributed by atoms with E-state index in [1.807, 2.05) is 12.1 Å². The first-order valence-electron chi connectivity index (χ1n) is 6.33. The number of hydrogen-bond donors (Lipinski definition) is 1. The molecule has 2 rings (SSSR count). The minimum atomic E-state index is -0.957. The van der Waals surface area contributed by atoms with E-state index in [2.05, 4.69) is 29.0 Å². The summed E-state index contributed by atoms with van der Waals surface area (Å²) in [5.74, 6) is 6.72. The first kappa shape index (κ1) is 13.0. The number of anilines is 1. The van der Waals surface area contributed by atoms with Crippen molar-refractivity contribution >= 4 is 13.1 Å². The second-order valence-electron chi connectivity index (χ2n) is 5.07. The quantitative estimate of drug-likeness (QED) is 0.598. The molecule has 1 aliphatic heterocycles. The van der Waals surface area contributed by atoms with Crippen LogP contribution in [0.2, 0.25) is 12.6 Å². The summed E-state index contributed by atoms with van der Waals surface area (Å²) in [6.07, 6.45) is 4.02. The fraction of sp³-hybridized carbons (Fsp3) is 0.500. The van der Waals surface area contributed by atoms with Crippen molar-refractivity contribution in [1.82, 2.24) is 4.98 Å². The topological polar surface area (TPSA) is 36.4 Å². The molecule has 1 fully saturated rings. The van der Waals surface area contributed by atoms with Crippen LogP contribution in [0, 0.1) is 11.8 Å². The van der Waals surface area contributed by atoms with Crippen molar-refractivity contribution < 1.29 is 5.11 Å². The molecule has 1 aliphatic rings. The largest absolute Gasteiger partial charge is 0.378 e. The Hall–Kier alpha value is -1.47. The molecular formula is C14H18BN2O. The highest BCUT2D eigenvalue weighted by molar-refractivity contribution is 6.36. The Morgan fingerprint density at radius 2 is 2.06 bits per heavy atom. The lowest BCUT2D eigenvalue weighted by Gasteiger charge is -2.27. The molecule has 4 heteroatoms. The molecule has 2 heterocycles. The Morgan fingerprint density at radius 3 is 2.61 bits per heavy atom. The number of pyridine rings is 1. The second kappa shape index (κ2) is 5.45. The van der Waals surface area contributed by atoms with E-state index < -0.39 is 5.60 Å². The van der Waals surface area contributed by atoms with E-state index in [1.54, 1.807) is 20.0 Å². The summed E-state index contributed by atoms with van der Waals surface area (Å²) in [4.78, 5) is 6.72. The molecule has 0 spiro atoms. The Balaban J connectivity index is 2.07. The fourth-order valence-electron chi connectivity index (χ4n) is 1.85. The normalized spacial score (nSPS) is 15.6. The van der Waals surface area contributed by atoms with Gasteiger partial charge in [0.05, 0.1) is 0 Å². The zero-order valence-electron chi connectivity index (χ0n) is 11.0. The molecule has 0 bridgehead atoms. The second-order valence-corrected chi connectivity index (χ2v) is 5.07. The molecule has 93 valence electrons. The number of rotatable bonds is 1. The van der Waals surface area contributed by atoms with E-state index in [0.717, 1.165) is 37.1 Å². The van der Waals surface area contributed by atoms with E-state index >= 15 is 0 Å². The maximum absolute atomic E-state index is 9.53. The van der Waals surface area contributed by atoms with Gasteiger partial charge in [-0.2, -0.15) is 0 Å². The summed E-state index contributed by atoms with van der Waals surface area (Å²) >= 11 is 0. The third-order valence-electron chi connectivity index (χ3n) is 2.79. The molecule has 1 saturated heterocycles. The average Bonchev–Trinajstić information content (AvgIpc) is 2.37. The van der Waals surface area contributed by atoms with Crippen molar-refractivity contribution in [3.63, 3.8) is 0 Å². The van der Waals surface area contributed by atoms with Crippen LogP contribution in [-0.4, -0.2) is 36.1 Å². The molecule has 0 amide bonds. The van der Waals surface area contributed by atoms with Crippen LogP contribution in [-0.2, 0) is 0 Å². The summed E-state index contributed by atoms with van der Waals surface area (Å²) in [5, 5.41) is 9.53. The van der Waals surface area contributed by atoms with Crippen LogP contribution in [0.15, 0.2) is 18.3 Å². The van der Waals surface area contributed by atoms with Gasteiger partial charge in [0.25, 0.3) is 0 Å². The zero-order valence-corrected chi connectivity index (χ0v) is 11.0. The SMILES string of the molecule is CC(C)(O)C#Cc1ccc(N2CC[B]CC2)nc1. The zero-order chi connectivity index (χ0) is 13.0. The van der Waals surface area contributed by atoms with Crippen molar-refractivity contribution in [2.45, 2.75) is 32.1 Å². The predicted molar refractivity (Wildman–Crippen MR) is 75.0 cm³/mol. The smallest absolute Gasteiger partial charge is 0.128 e. The lowest BCUT2D eigenvalue weighted by molar-refractivity contribution is 0.143. The monoisotopic (exact) mass is 241 g/mol. The van der Waals surface area contributed by atoms with Gasteiger partial charge in [-0.3, -0.25) is 0 Å². The number of hydrogen-bond acceptors (Lipinski definition) is 3. The maximum Gasteiger partial charge on any atom is 0.128 e. The van der Waals surface area contributed by atoms with Crippen LogP contribution in [0.1, 0.15) is 19.4 Å². The average molecular weight is 241 g/mol. The molecule has 3 nitrogen and oxygen atoms in total. The molecule has 1 aromatic rings. The van der Waals surface area contributed by atoms with Gasteiger partial charge in [0.15, 0.2) is 0 Å². The van der Waals surface area contributed by atoms with Crippen molar-refractivity contribution in [1.29, 1.82) is 0 Å². The minimum Gasteiger partial charge on any atom is -0.378 e. The van der Waals surface area contributed by atoms with Gasteiger partial charge in [-0.25, -0.2) is 4.98 Å². The van der Waals surface area contributed by atoms with Crippen LogP contribution in [0.4, 0.5) is 5.82 Å². The van der Waals surface area contributed by atoms with Crippen molar-refractivity contribution in [2.75, 3.05) is 18.0 Å². The highest BCUT2D eigenvalue weighted by Gasteiger charge is 2.12. The third kappa shape index (κ3) is 3.78. The van der Waals surface area contributed by atoms with Gasteiger partial charge in [0.2, 0.25) is 0 Å². The van der Waals surface area contributed by atoms with Crippen molar-refractivity contribution in [3.05, 3.63) is 23.9 Å². The fourth-order valence-corrected chi connectivity index (χ4v) is 1.85. The summed E-state index contributed by atoms with van der Waals surface area (Å²) in [6, 6.07) is 3.96. The first-order chi connectivity index (χ1) is 8.54. The summed E-state index contributed by atoms with van der Waals surface area (Å²) in [5.41, 5.74) is -0.120. The van der Waals surface area contributed by atoms with Crippen molar-refractivity contribution in [3.8, 4) is 11.8 Å². The molecule has 1 aromatic heterocycles. The Kier molecular flexibility index (Phi) is 3.93. The molecule has 1 N–H and O–H groups in total. The van der Waals surface area contributed by atoms with Crippen molar-refractivity contribution in [2.24, 2.45) is 0 Å². The molecular weight excluding hydrogens is 223 g/mol. The highest BCUT2D eigenvalue weighted by atomic mass is 16.3. The first-order valence-corrected chi connectivity index (χ1v) is 6.33. The summed E-state index contributed by atoms with van der Waals surface area (Å²) < 4.78 is 0. The lowest BCUT2D eigenvalue weighted by atomic mass is 9.68. The lowest BCUT2D eigenvalue weighted by Crippen LogP contribution is -2.32. The molecule has 0 unspecified atom stereocenters. The molecule has 0 atom stereocenters. The minimum absolute atomic E-state index is 0.837. The number of aromatic nitrogens is 1.